The fourth-order valence-electron chi connectivity index (χ4n) is 1.78. The first-order chi connectivity index (χ1) is 7.88. The number of carboxylic acids is 1. The number of unbranched alkanes of at least 4 members (excludes halogenated alkanes) is 3. The number of nitrogens with zero attached hydrogens (tertiary/aromatic N) is 1. The Labute approximate surface area is 105 Å². The lowest BCUT2D eigenvalue weighted by molar-refractivity contribution is -0.137. The first-order valence-electron chi connectivity index (χ1n) is 6.45. The van der Waals surface area contributed by atoms with E-state index in [1.54, 1.807) is 0 Å². The van der Waals surface area contributed by atoms with Crippen molar-refractivity contribution in [1.82, 2.24) is 4.90 Å². The van der Waals surface area contributed by atoms with Crippen LogP contribution >= 0.6 is 0 Å². The van der Waals surface area contributed by atoms with Gasteiger partial charge in [0.15, 0.2) is 0 Å². The van der Waals surface area contributed by atoms with Gasteiger partial charge in [-0.25, -0.2) is 0 Å². The van der Waals surface area contributed by atoms with E-state index in [-0.39, 0.29) is 18.6 Å². The molecule has 0 rings (SSSR count). The summed E-state index contributed by atoms with van der Waals surface area (Å²) < 4.78 is 0. The molecule has 0 saturated carbocycles. The first kappa shape index (κ1) is 16.4. The number of aliphatic carboxylic acids is 1. The average molecular weight is 245 g/mol. The maximum Gasteiger partial charge on any atom is 0.304 e. The third kappa shape index (κ3) is 9.12. The minimum atomic E-state index is -0.737. The number of aliphatic hydroxyl groups is 1. The molecular weight excluding hydrogens is 218 g/mol. The van der Waals surface area contributed by atoms with Crippen molar-refractivity contribution in [3.05, 3.63) is 0 Å². The van der Waals surface area contributed by atoms with E-state index >= 15 is 0 Å². The van der Waals surface area contributed by atoms with E-state index < -0.39 is 5.97 Å². The maximum atomic E-state index is 10.6. The summed E-state index contributed by atoms with van der Waals surface area (Å²) >= 11 is 0. The van der Waals surface area contributed by atoms with Crippen LogP contribution in [-0.4, -0.2) is 46.3 Å². The molecule has 4 nitrogen and oxygen atoms in total. The van der Waals surface area contributed by atoms with Crippen molar-refractivity contribution in [1.29, 1.82) is 0 Å². The normalized spacial score (nSPS) is 12.1. The van der Waals surface area contributed by atoms with Crippen molar-refractivity contribution >= 4 is 5.97 Å². The summed E-state index contributed by atoms with van der Waals surface area (Å²) in [6, 6.07) is 0. The van der Waals surface area contributed by atoms with Gasteiger partial charge in [0, 0.05) is 18.7 Å². The van der Waals surface area contributed by atoms with Crippen LogP contribution in [0.1, 0.15) is 52.9 Å². The molecule has 4 heteroatoms. The summed E-state index contributed by atoms with van der Waals surface area (Å²) in [5.41, 5.74) is 0.0203. The number of rotatable bonds is 9. The zero-order chi connectivity index (χ0) is 13.3. The Morgan fingerprint density at radius 1 is 1.06 bits per heavy atom. The molecule has 0 aliphatic rings. The molecule has 0 aliphatic heterocycles. The highest BCUT2D eigenvalue weighted by Crippen LogP contribution is 2.15. The van der Waals surface area contributed by atoms with E-state index in [9.17, 15) is 4.79 Å². The molecule has 0 bridgehead atoms. The monoisotopic (exact) mass is 245 g/mol. The van der Waals surface area contributed by atoms with Gasteiger partial charge in [-0.3, -0.25) is 9.69 Å². The van der Waals surface area contributed by atoms with Crippen LogP contribution in [0.4, 0.5) is 0 Å². The highest BCUT2D eigenvalue weighted by atomic mass is 16.4. The largest absolute Gasteiger partial charge is 0.481 e. The molecule has 0 aromatic heterocycles. The summed E-state index contributed by atoms with van der Waals surface area (Å²) in [6.45, 7) is 8.15. The van der Waals surface area contributed by atoms with E-state index in [0.29, 0.717) is 6.54 Å². The van der Waals surface area contributed by atoms with Gasteiger partial charge in [0.1, 0.15) is 0 Å². The van der Waals surface area contributed by atoms with E-state index in [0.717, 1.165) is 32.2 Å². The zero-order valence-electron chi connectivity index (χ0n) is 11.4. The van der Waals surface area contributed by atoms with Crippen molar-refractivity contribution in [2.75, 3.05) is 19.7 Å². The molecule has 2 N–H and O–H groups in total. The molecular formula is C13H27NO3. The standard InChI is InChI=1S/C13H27NO3/c1-13(2,3)14(10-8-12(16)17)9-6-4-5-7-11-15/h15H,4-11H2,1-3H3,(H,16,17). The molecule has 102 valence electrons. The van der Waals surface area contributed by atoms with E-state index in [2.05, 4.69) is 25.7 Å². The van der Waals surface area contributed by atoms with E-state index in [1.165, 1.54) is 0 Å². The third-order valence-corrected chi connectivity index (χ3v) is 2.88. The zero-order valence-corrected chi connectivity index (χ0v) is 11.4. The predicted molar refractivity (Wildman–Crippen MR) is 69.1 cm³/mol. The van der Waals surface area contributed by atoms with Crippen LogP contribution in [0.3, 0.4) is 0 Å². The molecule has 0 amide bonds. The van der Waals surface area contributed by atoms with Crippen molar-refractivity contribution in [2.45, 2.75) is 58.4 Å². The SMILES string of the molecule is CC(C)(C)N(CCCCCCO)CCC(=O)O. The minimum Gasteiger partial charge on any atom is -0.481 e. The Morgan fingerprint density at radius 3 is 2.12 bits per heavy atom. The van der Waals surface area contributed by atoms with Gasteiger partial charge in [-0.1, -0.05) is 12.8 Å². The third-order valence-electron chi connectivity index (χ3n) is 2.88. The van der Waals surface area contributed by atoms with Crippen molar-refractivity contribution in [3.63, 3.8) is 0 Å². The number of hydrogen-bond acceptors (Lipinski definition) is 3. The lowest BCUT2D eigenvalue weighted by Gasteiger charge is -2.35. The average Bonchev–Trinajstić information content (AvgIpc) is 2.19. The second kappa shape index (κ2) is 8.48. The van der Waals surface area contributed by atoms with Gasteiger partial charge in [-0.2, -0.15) is 0 Å². The van der Waals surface area contributed by atoms with Crippen LogP contribution in [0, 0.1) is 0 Å². The van der Waals surface area contributed by atoms with Gasteiger partial charge in [-0.05, 0) is 40.2 Å². The van der Waals surface area contributed by atoms with Crippen LogP contribution in [0.25, 0.3) is 0 Å². The number of hydrogen-bond donors (Lipinski definition) is 2. The number of aliphatic hydroxyl groups excluding tert-OH is 1. The molecule has 0 radical (unpaired) electrons. The van der Waals surface area contributed by atoms with Crippen LogP contribution in [0.5, 0.6) is 0 Å². The smallest absolute Gasteiger partial charge is 0.304 e. The summed E-state index contributed by atoms with van der Waals surface area (Å²) in [7, 11) is 0. The predicted octanol–water partition coefficient (Wildman–Crippen LogP) is 2.11. The summed E-state index contributed by atoms with van der Waals surface area (Å²) in [5.74, 6) is -0.737. The molecule has 17 heavy (non-hydrogen) atoms. The van der Waals surface area contributed by atoms with Crippen LogP contribution < -0.4 is 0 Å². The second-order valence-corrected chi connectivity index (χ2v) is 5.44. The van der Waals surface area contributed by atoms with Gasteiger partial charge in [0.05, 0.1) is 6.42 Å². The van der Waals surface area contributed by atoms with E-state index in [4.69, 9.17) is 10.2 Å². The summed E-state index contributed by atoms with van der Waals surface area (Å²) in [6.07, 6.45) is 4.28. The minimum absolute atomic E-state index is 0.0203. The molecule has 0 aliphatic carbocycles. The Bertz CT molecular complexity index is 211. The van der Waals surface area contributed by atoms with Crippen LogP contribution in [-0.2, 0) is 4.79 Å². The topological polar surface area (TPSA) is 60.8 Å². The molecule has 0 heterocycles. The fourth-order valence-corrected chi connectivity index (χ4v) is 1.78. The van der Waals surface area contributed by atoms with Crippen molar-refractivity contribution in [2.24, 2.45) is 0 Å². The number of carbonyl (C=O) groups is 1. The highest BCUT2D eigenvalue weighted by molar-refractivity contribution is 5.66. The van der Waals surface area contributed by atoms with Crippen molar-refractivity contribution < 1.29 is 15.0 Å². The molecule has 0 aromatic rings. The Hall–Kier alpha value is -0.610. The highest BCUT2D eigenvalue weighted by Gasteiger charge is 2.20. The lowest BCUT2D eigenvalue weighted by atomic mass is 10.0. The maximum absolute atomic E-state index is 10.6. The number of carboxylic acid groups (broad SMARTS) is 1. The molecule has 0 spiro atoms. The van der Waals surface area contributed by atoms with Gasteiger partial charge >= 0.3 is 5.97 Å². The summed E-state index contributed by atoms with van der Waals surface area (Å²) in [4.78, 5) is 12.8. The second-order valence-electron chi connectivity index (χ2n) is 5.44. The van der Waals surface area contributed by atoms with Gasteiger partial charge in [0.2, 0.25) is 0 Å². The summed E-state index contributed by atoms with van der Waals surface area (Å²) in [5, 5.41) is 17.4. The quantitative estimate of drug-likeness (QED) is 0.611. The molecule has 0 saturated heterocycles. The molecule has 0 aromatic carbocycles. The van der Waals surface area contributed by atoms with Crippen LogP contribution in [0.2, 0.25) is 0 Å². The Kier molecular flexibility index (Phi) is 8.17. The van der Waals surface area contributed by atoms with Gasteiger partial charge < -0.3 is 10.2 Å². The Morgan fingerprint density at radius 2 is 1.65 bits per heavy atom. The molecule has 0 fully saturated rings. The Balaban J connectivity index is 3.91. The van der Waals surface area contributed by atoms with E-state index in [1.807, 2.05) is 0 Å². The van der Waals surface area contributed by atoms with Gasteiger partial charge in [0.25, 0.3) is 0 Å². The molecule has 0 unspecified atom stereocenters. The van der Waals surface area contributed by atoms with Crippen LogP contribution in [0.15, 0.2) is 0 Å². The lowest BCUT2D eigenvalue weighted by Crippen LogP contribution is -2.43. The van der Waals surface area contributed by atoms with Gasteiger partial charge in [-0.15, -0.1) is 0 Å². The molecule has 0 atom stereocenters. The fraction of sp³-hybridized carbons (Fsp3) is 0.923. The first-order valence-corrected chi connectivity index (χ1v) is 6.45. The van der Waals surface area contributed by atoms with Crippen molar-refractivity contribution in [3.8, 4) is 0 Å².